The van der Waals surface area contributed by atoms with Gasteiger partial charge in [-0.15, -0.1) is 5.10 Å². The van der Waals surface area contributed by atoms with Crippen LogP contribution < -0.4 is 4.90 Å². The highest BCUT2D eigenvalue weighted by molar-refractivity contribution is 6.71. The van der Waals surface area contributed by atoms with Gasteiger partial charge in [-0.05, 0) is 24.3 Å². The number of hydrazone groups is 1. The molecule has 0 N–H and O–H groups in total. The summed E-state index contributed by atoms with van der Waals surface area (Å²) in [5.41, 5.74) is 1.57. The van der Waals surface area contributed by atoms with Crippen molar-refractivity contribution >= 4 is 52.0 Å². The molecule has 1 aliphatic rings. The molecule has 2 aromatic carbocycles. The molecule has 122 valence electrons. The number of amidine groups is 1. The summed E-state index contributed by atoms with van der Waals surface area (Å²) in [6.45, 7) is 0. The maximum absolute atomic E-state index is 12.3. The second kappa shape index (κ2) is 6.63. The SMILES string of the molecule is CN=C1C(=O)N(C)N=C1N(c1ccccc1Cl)c1ccccc1Cl. The Balaban J connectivity index is 2.25. The van der Waals surface area contributed by atoms with E-state index in [1.807, 2.05) is 36.4 Å². The Bertz CT molecular complexity index is 818. The van der Waals surface area contributed by atoms with Crippen LogP contribution in [0.1, 0.15) is 0 Å². The summed E-state index contributed by atoms with van der Waals surface area (Å²) in [7, 11) is 3.14. The highest BCUT2D eigenvalue weighted by Gasteiger charge is 2.35. The summed E-state index contributed by atoms with van der Waals surface area (Å²) in [6, 6.07) is 14.6. The van der Waals surface area contributed by atoms with Gasteiger partial charge in [-0.3, -0.25) is 14.7 Å². The number of hydrogen-bond acceptors (Lipinski definition) is 4. The lowest BCUT2D eigenvalue weighted by molar-refractivity contribution is -0.122. The molecule has 1 amide bonds. The number of aliphatic imine (C=N–C) groups is 1. The van der Waals surface area contributed by atoms with Crippen molar-refractivity contribution < 1.29 is 4.79 Å². The van der Waals surface area contributed by atoms with Crippen molar-refractivity contribution in [3.05, 3.63) is 58.6 Å². The number of rotatable bonds is 2. The van der Waals surface area contributed by atoms with Crippen LogP contribution in [-0.2, 0) is 4.79 Å². The van der Waals surface area contributed by atoms with E-state index in [0.717, 1.165) is 0 Å². The molecule has 0 radical (unpaired) electrons. The van der Waals surface area contributed by atoms with Gasteiger partial charge in [0.15, 0.2) is 11.5 Å². The van der Waals surface area contributed by atoms with E-state index in [2.05, 4.69) is 10.1 Å². The first-order valence-corrected chi connectivity index (χ1v) is 7.93. The van der Waals surface area contributed by atoms with Gasteiger partial charge in [-0.2, -0.15) is 0 Å². The molecule has 1 aliphatic heterocycles. The Labute approximate surface area is 149 Å². The largest absolute Gasteiger partial charge is 0.295 e. The Morgan fingerprint density at radius 1 is 1.00 bits per heavy atom. The average Bonchev–Trinajstić information content (AvgIpc) is 2.86. The summed E-state index contributed by atoms with van der Waals surface area (Å²) < 4.78 is 0. The Hall–Kier alpha value is -2.37. The van der Waals surface area contributed by atoms with Crippen LogP contribution in [0.15, 0.2) is 58.6 Å². The van der Waals surface area contributed by atoms with Crippen molar-refractivity contribution in [1.29, 1.82) is 0 Å². The van der Waals surface area contributed by atoms with E-state index in [1.165, 1.54) is 5.01 Å². The summed E-state index contributed by atoms with van der Waals surface area (Å²) in [5.74, 6) is 0.0998. The van der Waals surface area contributed by atoms with E-state index < -0.39 is 0 Å². The lowest BCUT2D eigenvalue weighted by Gasteiger charge is -2.25. The number of benzene rings is 2. The summed E-state index contributed by atoms with van der Waals surface area (Å²) in [4.78, 5) is 18.1. The predicted molar refractivity (Wildman–Crippen MR) is 98.6 cm³/mol. The van der Waals surface area contributed by atoms with E-state index >= 15 is 0 Å². The van der Waals surface area contributed by atoms with E-state index in [0.29, 0.717) is 27.3 Å². The molecule has 0 aromatic heterocycles. The number of carbonyl (C=O) groups is 1. The van der Waals surface area contributed by atoms with Gasteiger partial charge in [0.1, 0.15) is 0 Å². The molecule has 0 bridgehead atoms. The molecule has 0 spiro atoms. The van der Waals surface area contributed by atoms with Gasteiger partial charge in [-0.1, -0.05) is 47.5 Å². The Morgan fingerprint density at radius 3 is 1.96 bits per heavy atom. The lowest BCUT2D eigenvalue weighted by Crippen LogP contribution is -2.34. The number of carbonyl (C=O) groups excluding carboxylic acids is 1. The molecule has 0 fully saturated rings. The van der Waals surface area contributed by atoms with Crippen LogP contribution in [0.4, 0.5) is 11.4 Å². The molecule has 0 saturated carbocycles. The Kier molecular flexibility index (Phi) is 4.55. The zero-order valence-corrected chi connectivity index (χ0v) is 14.6. The molecule has 7 heteroatoms. The van der Waals surface area contributed by atoms with Crippen molar-refractivity contribution in [3.63, 3.8) is 0 Å². The smallest absolute Gasteiger partial charge is 0.289 e. The van der Waals surface area contributed by atoms with Crippen molar-refractivity contribution in [2.75, 3.05) is 19.0 Å². The Morgan fingerprint density at radius 2 is 1.50 bits per heavy atom. The first-order chi connectivity index (χ1) is 11.5. The lowest BCUT2D eigenvalue weighted by atomic mass is 10.2. The number of amides is 1. The molecule has 24 heavy (non-hydrogen) atoms. The van der Waals surface area contributed by atoms with Gasteiger partial charge >= 0.3 is 0 Å². The number of anilines is 2. The first-order valence-electron chi connectivity index (χ1n) is 7.17. The topological polar surface area (TPSA) is 48.3 Å². The third kappa shape index (κ3) is 2.77. The molecule has 0 saturated heterocycles. The van der Waals surface area contributed by atoms with Crippen molar-refractivity contribution in [2.45, 2.75) is 0 Å². The minimum Gasteiger partial charge on any atom is -0.289 e. The molecule has 0 atom stereocenters. The fourth-order valence-electron chi connectivity index (χ4n) is 2.45. The molecular weight excluding hydrogens is 347 g/mol. The van der Waals surface area contributed by atoms with Crippen molar-refractivity contribution in [3.8, 4) is 0 Å². The van der Waals surface area contributed by atoms with Gasteiger partial charge in [-0.25, -0.2) is 5.01 Å². The van der Waals surface area contributed by atoms with Crippen LogP contribution in [0.5, 0.6) is 0 Å². The van der Waals surface area contributed by atoms with E-state index in [4.69, 9.17) is 23.2 Å². The standard InChI is InChI=1S/C17H14Cl2N4O/c1-20-15-16(21-22(2)17(15)24)23(13-9-5-3-7-11(13)18)14-10-6-4-8-12(14)19/h3-10H,1-2H3. The number of para-hydroxylation sites is 2. The third-order valence-electron chi connectivity index (χ3n) is 3.58. The van der Waals surface area contributed by atoms with Crippen LogP contribution in [0.25, 0.3) is 0 Å². The molecule has 0 unspecified atom stereocenters. The summed E-state index contributed by atoms with van der Waals surface area (Å²) in [6.07, 6.45) is 0. The molecule has 0 aliphatic carbocycles. The van der Waals surface area contributed by atoms with Crippen molar-refractivity contribution in [2.24, 2.45) is 10.1 Å². The van der Waals surface area contributed by atoms with Gasteiger partial charge in [0.2, 0.25) is 0 Å². The zero-order valence-electron chi connectivity index (χ0n) is 13.1. The molecular formula is C17H14Cl2N4O. The molecule has 2 aromatic rings. The van der Waals surface area contributed by atoms with Crippen LogP contribution >= 0.6 is 23.2 Å². The second-order valence-electron chi connectivity index (χ2n) is 5.06. The van der Waals surface area contributed by atoms with E-state index in [1.54, 1.807) is 31.1 Å². The number of nitrogens with zero attached hydrogens (tertiary/aromatic N) is 4. The minimum absolute atomic E-state index is 0.248. The molecule has 5 nitrogen and oxygen atoms in total. The zero-order chi connectivity index (χ0) is 17.3. The van der Waals surface area contributed by atoms with Crippen LogP contribution in [0.2, 0.25) is 10.0 Å². The van der Waals surface area contributed by atoms with Crippen LogP contribution in [0, 0.1) is 0 Å². The third-order valence-corrected chi connectivity index (χ3v) is 4.21. The molecule has 3 rings (SSSR count). The van der Waals surface area contributed by atoms with Gasteiger partial charge in [0.25, 0.3) is 5.91 Å². The summed E-state index contributed by atoms with van der Waals surface area (Å²) >= 11 is 12.8. The van der Waals surface area contributed by atoms with Gasteiger partial charge in [0, 0.05) is 14.1 Å². The normalized spacial score (nSPS) is 15.8. The monoisotopic (exact) mass is 360 g/mol. The highest BCUT2D eigenvalue weighted by Crippen LogP contribution is 2.37. The van der Waals surface area contributed by atoms with Gasteiger partial charge in [0.05, 0.1) is 21.4 Å². The second-order valence-corrected chi connectivity index (χ2v) is 5.88. The maximum atomic E-state index is 12.3. The predicted octanol–water partition coefficient (Wildman–Crippen LogP) is 3.99. The number of halogens is 2. The highest BCUT2D eigenvalue weighted by atomic mass is 35.5. The minimum atomic E-state index is -0.281. The van der Waals surface area contributed by atoms with Crippen LogP contribution in [0.3, 0.4) is 0 Å². The van der Waals surface area contributed by atoms with E-state index in [9.17, 15) is 4.79 Å². The fraction of sp³-hybridized carbons (Fsp3) is 0.118. The van der Waals surface area contributed by atoms with Crippen LogP contribution in [-0.4, -0.2) is 36.6 Å². The number of hydrogen-bond donors (Lipinski definition) is 0. The van der Waals surface area contributed by atoms with E-state index in [-0.39, 0.29) is 11.6 Å². The van der Waals surface area contributed by atoms with Gasteiger partial charge < -0.3 is 0 Å². The summed E-state index contributed by atoms with van der Waals surface area (Å²) in [5, 5.41) is 6.61. The molecule has 1 heterocycles. The quantitative estimate of drug-likeness (QED) is 0.812. The maximum Gasteiger partial charge on any atom is 0.295 e. The first kappa shape index (κ1) is 16.5. The van der Waals surface area contributed by atoms with Crippen molar-refractivity contribution in [1.82, 2.24) is 5.01 Å². The average molecular weight is 361 g/mol. The fourth-order valence-corrected chi connectivity index (χ4v) is 2.89.